The van der Waals surface area contributed by atoms with Gasteiger partial charge < -0.3 is 15.0 Å². The second-order valence-corrected chi connectivity index (χ2v) is 22.7. The maximum Gasteiger partial charge on any atom is 0.315 e. The van der Waals surface area contributed by atoms with Gasteiger partial charge in [0.1, 0.15) is 6.67 Å². The summed E-state index contributed by atoms with van der Waals surface area (Å²) in [5.41, 5.74) is 4.03. The quantitative estimate of drug-likeness (QED) is 0.187. The molecule has 5 fully saturated rings. The number of hydrogen-bond acceptors (Lipinski definition) is 6. The van der Waals surface area contributed by atoms with Crippen molar-refractivity contribution >= 4 is 15.8 Å². The number of carbonyl (C=O) groups excluding carboxylic acids is 1. The number of rotatable bonds is 9. The number of sulfone groups is 1. The van der Waals surface area contributed by atoms with Crippen molar-refractivity contribution in [2.24, 2.45) is 56.7 Å². The number of nitrogens with zero attached hydrogens (tertiary/aromatic N) is 1. The SMILES string of the molecule is C=C(C)C1CC[C@]2(NCCN3CCS(=O)(=O)CC3)CC[C@]3(C)[C@H](CC[C@@H]4[C@@]5(C)CC=C(C6=CCC(CF)(C(=O)OCC)CC6)C(C)(C)[C@@H]5CC[C@]43C)[C@@H]12. The zero-order chi connectivity index (χ0) is 38.2. The van der Waals surface area contributed by atoms with Gasteiger partial charge in [0, 0.05) is 31.7 Å². The molecule has 0 aromatic rings. The third kappa shape index (κ3) is 6.19. The van der Waals surface area contributed by atoms with E-state index in [1.54, 1.807) is 6.92 Å². The molecule has 7 rings (SSSR count). The molecule has 8 heteroatoms. The summed E-state index contributed by atoms with van der Waals surface area (Å²) in [6.07, 6.45) is 17.6. The third-order valence-corrected chi connectivity index (χ3v) is 19.5. The first-order valence-corrected chi connectivity index (χ1v) is 23.2. The van der Waals surface area contributed by atoms with E-state index in [2.05, 4.69) is 70.5 Å². The number of carbonyl (C=O) groups is 1. The Morgan fingerprint density at radius 3 is 2.32 bits per heavy atom. The van der Waals surface area contributed by atoms with Crippen molar-refractivity contribution in [1.29, 1.82) is 0 Å². The van der Waals surface area contributed by atoms with Crippen LogP contribution < -0.4 is 5.32 Å². The van der Waals surface area contributed by atoms with Gasteiger partial charge in [-0.25, -0.2) is 12.8 Å². The summed E-state index contributed by atoms with van der Waals surface area (Å²) in [5.74, 6) is 3.28. The van der Waals surface area contributed by atoms with Gasteiger partial charge in [-0.1, -0.05) is 58.9 Å². The van der Waals surface area contributed by atoms with Crippen LogP contribution in [-0.2, 0) is 19.4 Å². The van der Waals surface area contributed by atoms with Crippen LogP contribution in [0.1, 0.15) is 126 Å². The fraction of sp³-hybridized carbons (Fsp3) is 0.844. The van der Waals surface area contributed by atoms with Gasteiger partial charge in [-0.15, -0.1) is 0 Å². The van der Waals surface area contributed by atoms with E-state index in [1.807, 2.05) is 0 Å². The van der Waals surface area contributed by atoms with Crippen LogP contribution in [0.15, 0.2) is 35.5 Å². The van der Waals surface area contributed by atoms with Crippen molar-refractivity contribution in [3.8, 4) is 0 Å². The Hall–Kier alpha value is -1.51. The average Bonchev–Trinajstić information content (AvgIpc) is 3.49. The minimum Gasteiger partial charge on any atom is -0.465 e. The Kier molecular flexibility index (Phi) is 10.4. The van der Waals surface area contributed by atoms with Gasteiger partial charge in [0.05, 0.1) is 23.5 Å². The fourth-order valence-corrected chi connectivity index (χ4v) is 16.1. The number of halogens is 1. The highest BCUT2D eigenvalue weighted by Gasteiger charge is 2.70. The molecule has 0 aromatic carbocycles. The van der Waals surface area contributed by atoms with E-state index >= 15 is 0 Å². The van der Waals surface area contributed by atoms with E-state index in [9.17, 15) is 17.6 Å². The predicted octanol–water partition coefficient (Wildman–Crippen LogP) is 8.88. The summed E-state index contributed by atoms with van der Waals surface area (Å²) < 4.78 is 43.8. The van der Waals surface area contributed by atoms with Crippen LogP contribution in [-0.4, -0.2) is 75.8 Å². The molecule has 6 nitrogen and oxygen atoms in total. The van der Waals surface area contributed by atoms with Crippen LogP contribution in [0.2, 0.25) is 0 Å². The van der Waals surface area contributed by atoms with Crippen molar-refractivity contribution < 1.29 is 22.3 Å². The summed E-state index contributed by atoms with van der Waals surface area (Å²) in [5, 5.41) is 4.21. The molecule has 4 saturated carbocycles. The van der Waals surface area contributed by atoms with E-state index in [-0.39, 0.29) is 33.2 Å². The molecule has 1 heterocycles. The van der Waals surface area contributed by atoms with E-state index in [0.717, 1.165) is 25.9 Å². The van der Waals surface area contributed by atoms with E-state index in [1.165, 1.54) is 68.1 Å². The molecule has 0 spiro atoms. The van der Waals surface area contributed by atoms with Crippen LogP contribution in [0, 0.1) is 56.7 Å². The van der Waals surface area contributed by atoms with Crippen LogP contribution in [0.25, 0.3) is 0 Å². The molecule has 7 aliphatic rings. The van der Waals surface area contributed by atoms with Crippen molar-refractivity contribution in [2.75, 3.05) is 51.0 Å². The molecule has 53 heavy (non-hydrogen) atoms. The highest BCUT2D eigenvalue weighted by molar-refractivity contribution is 7.91. The van der Waals surface area contributed by atoms with Crippen molar-refractivity contribution in [2.45, 2.75) is 131 Å². The summed E-state index contributed by atoms with van der Waals surface area (Å²) in [7, 11) is -2.87. The Morgan fingerprint density at radius 1 is 0.943 bits per heavy atom. The topological polar surface area (TPSA) is 75.7 Å². The largest absolute Gasteiger partial charge is 0.465 e. The number of esters is 1. The number of alkyl halides is 1. The Bertz CT molecular complexity index is 1620. The fourth-order valence-electron chi connectivity index (χ4n) is 14.8. The lowest BCUT2D eigenvalue weighted by molar-refractivity contribution is -0.221. The first kappa shape index (κ1) is 39.7. The van der Waals surface area contributed by atoms with Gasteiger partial charge in [0.25, 0.3) is 0 Å². The molecule has 1 N–H and O–H groups in total. The van der Waals surface area contributed by atoms with Crippen molar-refractivity contribution in [1.82, 2.24) is 10.2 Å². The van der Waals surface area contributed by atoms with Gasteiger partial charge in [-0.05, 0) is 153 Å². The van der Waals surface area contributed by atoms with Crippen molar-refractivity contribution in [3.63, 3.8) is 0 Å². The number of hydrogen-bond donors (Lipinski definition) is 1. The molecule has 0 amide bonds. The summed E-state index contributed by atoms with van der Waals surface area (Å²) >= 11 is 0. The molecule has 6 aliphatic carbocycles. The molecular weight excluding hydrogens is 684 g/mol. The molecule has 0 radical (unpaired) electrons. The molecule has 298 valence electrons. The molecule has 10 atom stereocenters. The number of nitrogens with one attached hydrogen (secondary N) is 1. The van der Waals surface area contributed by atoms with Gasteiger partial charge in [0.2, 0.25) is 0 Å². The lowest BCUT2D eigenvalue weighted by Crippen LogP contribution is -2.68. The van der Waals surface area contributed by atoms with E-state index in [4.69, 9.17) is 4.74 Å². The van der Waals surface area contributed by atoms with E-state index < -0.39 is 21.9 Å². The Balaban J connectivity index is 1.12. The molecule has 0 bridgehead atoms. The van der Waals surface area contributed by atoms with Gasteiger partial charge in [-0.3, -0.25) is 4.79 Å². The van der Waals surface area contributed by atoms with E-state index in [0.29, 0.717) is 73.6 Å². The second-order valence-electron chi connectivity index (χ2n) is 20.4. The van der Waals surface area contributed by atoms with Crippen LogP contribution in [0.3, 0.4) is 0 Å². The standard InChI is InChI=1S/C45H71FN2O4S/c1-9-52-39(49)44(30-46)19-12-32(13-20-44)34-15-17-41(6)36(40(34,4)5)16-18-43(8)37(41)11-10-35-38-33(31(2)3)14-21-45(38,23-22-42(35,43)7)47-24-25-48-26-28-53(50,51)29-27-48/h12,15,33,35-38,47H,2,9-11,13-14,16-30H2,1,3-8H3/t33?,35-,36+,37-,38-,41+,42-,43-,44?,45+/m1/s1. The summed E-state index contributed by atoms with van der Waals surface area (Å²) in [4.78, 5) is 15.2. The molecule has 1 aliphatic heterocycles. The molecule has 2 unspecified atom stereocenters. The van der Waals surface area contributed by atoms with Crippen molar-refractivity contribution in [3.05, 3.63) is 35.5 Å². The highest BCUT2D eigenvalue weighted by Crippen LogP contribution is 2.76. The molecular formula is C45H71FN2O4S. The Labute approximate surface area is 321 Å². The minimum atomic E-state index is -2.87. The number of allylic oxidation sites excluding steroid dienone is 5. The number of fused-ring (bicyclic) bond motifs is 7. The second kappa shape index (κ2) is 13.9. The maximum atomic E-state index is 14.4. The normalized spacial score (nSPS) is 44.7. The smallest absolute Gasteiger partial charge is 0.315 e. The predicted molar refractivity (Wildman–Crippen MR) is 213 cm³/mol. The first-order chi connectivity index (χ1) is 24.9. The zero-order valence-electron chi connectivity index (χ0n) is 34.3. The van der Waals surface area contributed by atoms with Crippen LogP contribution in [0.5, 0.6) is 0 Å². The number of ether oxygens (including phenoxy) is 1. The lowest BCUT2D eigenvalue weighted by Gasteiger charge is -2.72. The molecule has 1 saturated heterocycles. The average molecular weight is 755 g/mol. The third-order valence-electron chi connectivity index (χ3n) is 17.9. The van der Waals surface area contributed by atoms with Gasteiger partial charge >= 0.3 is 5.97 Å². The minimum absolute atomic E-state index is 0.0121. The zero-order valence-corrected chi connectivity index (χ0v) is 35.1. The molecule has 0 aromatic heterocycles. The Morgan fingerprint density at radius 2 is 1.68 bits per heavy atom. The monoisotopic (exact) mass is 755 g/mol. The lowest BCUT2D eigenvalue weighted by atomic mass is 9.33. The van der Waals surface area contributed by atoms with Crippen LogP contribution >= 0.6 is 0 Å². The maximum absolute atomic E-state index is 14.4. The summed E-state index contributed by atoms with van der Waals surface area (Å²) in [6.45, 7) is 24.5. The summed E-state index contributed by atoms with van der Waals surface area (Å²) in [6, 6.07) is 0. The highest BCUT2D eigenvalue weighted by atomic mass is 32.2. The van der Waals surface area contributed by atoms with Gasteiger partial charge in [0.15, 0.2) is 9.84 Å². The van der Waals surface area contributed by atoms with Crippen LogP contribution in [0.4, 0.5) is 4.39 Å². The van der Waals surface area contributed by atoms with Gasteiger partial charge in [-0.2, -0.15) is 0 Å². The first-order valence-electron chi connectivity index (χ1n) is 21.4.